The van der Waals surface area contributed by atoms with Gasteiger partial charge in [0.1, 0.15) is 5.75 Å². The van der Waals surface area contributed by atoms with Crippen molar-refractivity contribution in [2.45, 2.75) is 32.1 Å². The molecule has 8 nitrogen and oxygen atoms in total. The minimum absolute atomic E-state index is 0.155. The molecule has 1 atom stereocenters. The molecule has 0 saturated heterocycles. The van der Waals surface area contributed by atoms with E-state index in [1.54, 1.807) is 30.1 Å². The van der Waals surface area contributed by atoms with Crippen LogP contribution in [0.3, 0.4) is 0 Å². The maximum Gasteiger partial charge on any atom is 0.156 e. The number of hydrogen-bond acceptors (Lipinski definition) is 7. The molecule has 0 amide bonds. The quantitative estimate of drug-likeness (QED) is 0.394. The number of ether oxygens (including phenoxy) is 1. The van der Waals surface area contributed by atoms with Crippen molar-refractivity contribution in [3.8, 4) is 22.8 Å². The van der Waals surface area contributed by atoms with Gasteiger partial charge in [0.25, 0.3) is 0 Å². The molecule has 0 unspecified atom stereocenters. The monoisotopic (exact) mass is 419 g/mol. The molecule has 8 heteroatoms. The van der Waals surface area contributed by atoms with Crippen LogP contribution >= 0.6 is 0 Å². The van der Waals surface area contributed by atoms with Crippen LogP contribution in [0.15, 0.2) is 54.7 Å². The van der Waals surface area contributed by atoms with E-state index < -0.39 is 5.72 Å². The molecule has 0 aliphatic heterocycles. The summed E-state index contributed by atoms with van der Waals surface area (Å²) in [5.74, 6) is 1.22. The molecule has 1 aromatic carbocycles. The van der Waals surface area contributed by atoms with Crippen LogP contribution in [0.25, 0.3) is 28.0 Å². The molecule has 160 valence electrons. The Balaban J connectivity index is 1.87. The molecule has 0 spiro atoms. The van der Waals surface area contributed by atoms with Crippen LogP contribution in [0.1, 0.15) is 31.2 Å². The molecule has 0 radical (unpaired) electrons. The lowest BCUT2D eigenvalue weighted by Gasteiger charge is -2.22. The molecule has 3 heterocycles. The normalized spacial score (nSPS) is 13.3. The molecule has 4 aromatic rings. The Morgan fingerprint density at radius 2 is 1.94 bits per heavy atom. The second-order valence-corrected chi connectivity index (χ2v) is 7.40. The van der Waals surface area contributed by atoms with Crippen LogP contribution in [0.4, 0.5) is 0 Å². The minimum Gasteiger partial charge on any atom is -0.496 e. The Labute approximate surface area is 180 Å². The largest absolute Gasteiger partial charge is 0.496 e. The van der Waals surface area contributed by atoms with Crippen LogP contribution in [0.5, 0.6) is 5.75 Å². The Morgan fingerprint density at radius 3 is 2.68 bits per heavy atom. The zero-order valence-corrected chi connectivity index (χ0v) is 17.5. The van der Waals surface area contributed by atoms with Crippen molar-refractivity contribution in [3.63, 3.8) is 0 Å². The first-order chi connectivity index (χ1) is 15.0. The summed E-state index contributed by atoms with van der Waals surface area (Å²) in [6, 6.07) is 14.6. The molecule has 3 aromatic heterocycles. The maximum absolute atomic E-state index is 10.6. The fraction of sp³-hybridized carbons (Fsp3) is 0.261. The number of aromatic nitrogens is 4. The SMILES string of the molecule is CCC[C@@](N)(O)c1cccc(-c2cc(OC)c3cnn(-c4cccc(CO)n4)c3c2)n1. The van der Waals surface area contributed by atoms with E-state index in [4.69, 9.17) is 10.5 Å². The van der Waals surface area contributed by atoms with Crippen LogP contribution in [-0.4, -0.2) is 37.1 Å². The van der Waals surface area contributed by atoms with E-state index in [2.05, 4.69) is 15.1 Å². The van der Waals surface area contributed by atoms with E-state index in [-0.39, 0.29) is 6.61 Å². The van der Waals surface area contributed by atoms with E-state index in [9.17, 15) is 10.2 Å². The number of pyridine rings is 2. The number of nitrogens with zero attached hydrogens (tertiary/aromatic N) is 4. The number of methoxy groups -OCH3 is 1. The number of benzene rings is 1. The molecule has 4 N–H and O–H groups in total. The highest BCUT2D eigenvalue weighted by molar-refractivity contribution is 5.90. The smallest absolute Gasteiger partial charge is 0.156 e. The summed E-state index contributed by atoms with van der Waals surface area (Å²) in [5.41, 5.74) is 7.78. The van der Waals surface area contributed by atoms with Gasteiger partial charge in [-0.1, -0.05) is 25.5 Å². The minimum atomic E-state index is -1.49. The van der Waals surface area contributed by atoms with E-state index in [0.717, 1.165) is 22.9 Å². The number of aliphatic hydroxyl groups is 2. The number of fused-ring (bicyclic) bond motifs is 1. The van der Waals surface area contributed by atoms with Gasteiger partial charge in [-0.25, -0.2) is 14.6 Å². The van der Waals surface area contributed by atoms with E-state index >= 15 is 0 Å². The Morgan fingerprint density at radius 1 is 1.13 bits per heavy atom. The molecule has 31 heavy (non-hydrogen) atoms. The van der Waals surface area contributed by atoms with E-state index in [0.29, 0.717) is 35.1 Å². The third kappa shape index (κ3) is 4.00. The Kier molecular flexibility index (Phi) is 5.69. The molecule has 4 rings (SSSR count). The average Bonchev–Trinajstić information content (AvgIpc) is 3.22. The van der Waals surface area contributed by atoms with Gasteiger partial charge in [0, 0.05) is 5.56 Å². The first-order valence-corrected chi connectivity index (χ1v) is 10.1. The lowest BCUT2D eigenvalue weighted by molar-refractivity contribution is 0.0292. The first-order valence-electron chi connectivity index (χ1n) is 10.1. The number of aliphatic hydroxyl groups excluding tert-OH is 1. The lowest BCUT2D eigenvalue weighted by atomic mass is 10.0. The highest BCUT2D eigenvalue weighted by atomic mass is 16.5. The Hall–Kier alpha value is -3.33. The highest BCUT2D eigenvalue weighted by Crippen LogP contribution is 2.33. The van der Waals surface area contributed by atoms with Crippen LogP contribution in [-0.2, 0) is 12.3 Å². The van der Waals surface area contributed by atoms with Gasteiger partial charge >= 0.3 is 0 Å². The summed E-state index contributed by atoms with van der Waals surface area (Å²) < 4.78 is 7.30. The van der Waals surface area contributed by atoms with Gasteiger partial charge in [-0.3, -0.25) is 5.73 Å². The lowest BCUT2D eigenvalue weighted by Crippen LogP contribution is -2.37. The average molecular weight is 419 g/mol. The van der Waals surface area contributed by atoms with Gasteiger partial charge in [0.15, 0.2) is 11.5 Å². The fourth-order valence-corrected chi connectivity index (χ4v) is 3.61. The molecular weight excluding hydrogens is 394 g/mol. The summed E-state index contributed by atoms with van der Waals surface area (Å²) in [6.45, 7) is 1.81. The predicted octanol–water partition coefficient (Wildman–Crippen LogP) is 2.89. The number of nitrogens with two attached hydrogens (primary N) is 1. The fourth-order valence-electron chi connectivity index (χ4n) is 3.61. The van der Waals surface area contributed by atoms with Crippen LogP contribution < -0.4 is 10.5 Å². The van der Waals surface area contributed by atoms with Crippen molar-refractivity contribution in [1.29, 1.82) is 0 Å². The molecule has 0 aliphatic carbocycles. The standard InChI is InChI=1S/C23H25N5O3/c1-3-10-23(24,30)21-8-5-7-18(27-21)15-11-19-17(20(12-15)31-2)13-25-28(19)22-9-4-6-16(14-29)26-22/h4-9,11-13,29-30H,3,10,14,24H2,1-2H3/t23-/m1/s1. The van der Waals surface area contributed by atoms with Gasteiger partial charge in [-0.05, 0) is 42.8 Å². The number of rotatable bonds is 7. The highest BCUT2D eigenvalue weighted by Gasteiger charge is 2.25. The summed E-state index contributed by atoms with van der Waals surface area (Å²) in [4.78, 5) is 9.07. The summed E-state index contributed by atoms with van der Waals surface area (Å²) in [5, 5.41) is 25.3. The van der Waals surface area contributed by atoms with Crippen LogP contribution in [0, 0.1) is 0 Å². The molecule has 0 fully saturated rings. The van der Waals surface area contributed by atoms with E-state index in [1.807, 2.05) is 43.3 Å². The third-order valence-corrected chi connectivity index (χ3v) is 5.16. The molecule has 0 aliphatic rings. The molecular formula is C23H25N5O3. The number of hydrogen-bond donors (Lipinski definition) is 3. The van der Waals surface area contributed by atoms with Crippen molar-refractivity contribution < 1.29 is 14.9 Å². The summed E-state index contributed by atoms with van der Waals surface area (Å²) in [6.07, 6.45) is 2.86. The predicted molar refractivity (Wildman–Crippen MR) is 118 cm³/mol. The zero-order chi connectivity index (χ0) is 22.0. The van der Waals surface area contributed by atoms with Gasteiger partial charge in [-0.2, -0.15) is 5.10 Å². The van der Waals surface area contributed by atoms with Gasteiger partial charge in [-0.15, -0.1) is 0 Å². The van der Waals surface area contributed by atoms with Crippen molar-refractivity contribution >= 4 is 10.9 Å². The zero-order valence-electron chi connectivity index (χ0n) is 17.5. The maximum atomic E-state index is 10.6. The summed E-state index contributed by atoms with van der Waals surface area (Å²) in [7, 11) is 1.60. The second-order valence-electron chi connectivity index (χ2n) is 7.40. The summed E-state index contributed by atoms with van der Waals surface area (Å²) >= 11 is 0. The van der Waals surface area contributed by atoms with Crippen molar-refractivity contribution in [3.05, 3.63) is 66.1 Å². The van der Waals surface area contributed by atoms with Gasteiger partial charge in [0.05, 0.1) is 47.9 Å². The topological polar surface area (TPSA) is 119 Å². The van der Waals surface area contributed by atoms with Crippen molar-refractivity contribution in [2.24, 2.45) is 5.73 Å². The van der Waals surface area contributed by atoms with Crippen LogP contribution in [0.2, 0.25) is 0 Å². The molecule has 0 bridgehead atoms. The Bertz CT molecular complexity index is 1220. The second kappa shape index (κ2) is 8.43. The van der Waals surface area contributed by atoms with Crippen molar-refractivity contribution in [2.75, 3.05) is 7.11 Å². The third-order valence-electron chi connectivity index (χ3n) is 5.16. The van der Waals surface area contributed by atoms with Gasteiger partial charge in [0.2, 0.25) is 0 Å². The molecule has 0 saturated carbocycles. The first kappa shape index (κ1) is 20.9. The van der Waals surface area contributed by atoms with Gasteiger partial charge < -0.3 is 14.9 Å². The van der Waals surface area contributed by atoms with Crippen molar-refractivity contribution in [1.82, 2.24) is 19.7 Å². The van der Waals surface area contributed by atoms with E-state index in [1.165, 1.54) is 0 Å².